The number of anilines is 1. The summed E-state index contributed by atoms with van der Waals surface area (Å²) in [5, 5.41) is 2.40. The lowest BCUT2D eigenvalue weighted by Crippen LogP contribution is -2.18. The van der Waals surface area contributed by atoms with Gasteiger partial charge in [-0.1, -0.05) is 6.07 Å². The molecule has 4 nitrogen and oxygen atoms in total. The van der Waals surface area contributed by atoms with E-state index in [-0.39, 0.29) is 42.7 Å². The van der Waals surface area contributed by atoms with Crippen LogP contribution < -0.4 is 15.8 Å². The Morgan fingerprint density at radius 1 is 1.39 bits per heavy atom. The molecule has 1 amide bonds. The molecule has 0 atom stereocenters. The van der Waals surface area contributed by atoms with Gasteiger partial charge in [-0.3, -0.25) is 4.79 Å². The van der Waals surface area contributed by atoms with Crippen molar-refractivity contribution >= 4 is 24.0 Å². The highest BCUT2D eigenvalue weighted by atomic mass is 35.5. The third-order valence-electron chi connectivity index (χ3n) is 1.72. The fourth-order valence-corrected chi connectivity index (χ4v) is 1.13. The minimum absolute atomic E-state index is 0. The normalized spacial score (nSPS) is 10.4. The Labute approximate surface area is 108 Å². The summed E-state index contributed by atoms with van der Waals surface area (Å²) in [5.74, 6) is -0.750. The van der Waals surface area contributed by atoms with Crippen LogP contribution in [0.4, 0.5) is 18.9 Å². The summed E-state index contributed by atoms with van der Waals surface area (Å²) < 4.78 is 39.5. The molecule has 0 saturated carbocycles. The van der Waals surface area contributed by atoms with E-state index >= 15 is 0 Å². The van der Waals surface area contributed by atoms with E-state index in [2.05, 4.69) is 10.1 Å². The number of carbonyl (C=O) groups is 1. The molecule has 1 aromatic carbocycles. The van der Waals surface area contributed by atoms with Crippen LogP contribution in [-0.2, 0) is 4.79 Å². The zero-order valence-corrected chi connectivity index (χ0v) is 9.98. The summed E-state index contributed by atoms with van der Waals surface area (Å²) in [6.45, 7) is 0.171. The predicted octanol–water partition coefficient (Wildman–Crippen LogP) is 2.29. The molecule has 0 heterocycles. The summed E-state index contributed by atoms with van der Waals surface area (Å²) in [7, 11) is 0. The van der Waals surface area contributed by atoms with E-state index in [1.165, 1.54) is 12.1 Å². The summed E-state index contributed by atoms with van der Waals surface area (Å²) >= 11 is 0. The van der Waals surface area contributed by atoms with Crippen LogP contribution in [0.5, 0.6) is 5.75 Å². The van der Waals surface area contributed by atoms with Crippen molar-refractivity contribution in [2.24, 2.45) is 5.73 Å². The molecule has 0 aliphatic carbocycles. The zero-order chi connectivity index (χ0) is 12.9. The summed E-state index contributed by atoms with van der Waals surface area (Å²) in [6.07, 6.45) is -4.65. The number of halogens is 4. The lowest BCUT2D eigenvalue weighted by molar-refractivity contribution is -0.274. The monoisotopic (exact) mass is 284 g/mol. The summed E-state index contributed by atoms with van der Waals surface area (Å²) in [5.41, 5.74) is 5.39. The molecule has 0 unspecified atom stereocenters. The second kappa shape index (κ2) is 7.07. The SMILES string of the molecule is Cl.NCCC(=O)Nc1cccc(OC(F)(F)F)c1. The highest BCUT2D eigenvalue weighted by molar-refractivity contribution is 5.90. The Morgan fingerprint density at radius 2 is 2.06 bits per heavy atom. The molecule has 0 aliphatic rings. The van der Waals surface area contributed by atoms with Gasteiger partial charge in [-0.05, 0) is 12.1 Å². The van der Waals surface area contributed by atoms with Gasteiger partial charge >= 0.3 is 6.36 Å². The fraction of sp³-hybridized carbons (Fsp3) is 0.300. The van der Waals surface area contributed by atoms with Crippen molar-refractivity contribution in [3.05, 3.63) is 24.3 Å². The van der Waals surface area contributed by atoms with Crippen molar-refractivity contribution in [2.45, 2.75) is 12.8 Å². The lowest BCUT2D eigenvalue weighted by atomic mass is 10.3. The van der Waals surface area contributed by atoms with Crippen molar-refractivity contribution in [3.8, 4) is 5.75 Å². The number of hydrogen-bond donors (Lipinski definition) is 2. The Balaban J connectivity index is 0.00000289. The number of amides is 1. The molecule has 0 aromatic heterocycles. The van der Waals surface area contributed by atoms with Crippen LogP contribution in [0, 0.1) is 0 Å². The average Bonchev–Trinajstić information content (AvgIpc) is 2.15. The second-order valence-electron chi connectivity index (χ2n) is 3.16. The Kier molecular flexibility index (Phi) is 6.50. The van der Waals surface area contributed by atoms with E-state index in [4.69, 9.17) is 5.73 Å². The van der Waals surface area contributed by atoms with Crippen LogP contribution in [0.2, 0.25) is 0 Å². The molecule has 0 bridgehead atoms. The number of carbonyl (C=O) groups excluding carboxylic acids is 1. The molecule has 0 spiro atoms. The number of nitrogens with two attached hydrogens (primary N) is 1. The van der Waals surface area contributed by atoms with Crippen LogP contribution in [-0.4, -0.2) is 18.8 Å². The molecule has 0 radical (unpaired) electrons. The third kappa shape index (κ3) is 6.31. The van der Waals surface area contributed by atoms with E-state index in [9.17, 15) is 18.0 Å². The number of nitrogens with one attached hydrogen (secondary N) is 1. The van der Waals surface area contributed by atoms with Crippen LogP contribution in [0.1, 0.15) is 6.42 Å². The molecular weight excluding hydrogens is 273 g/mol. The molecule has 1 rings (SSSR count). The molecule has 0 aliphatic heterocycles. The van der Waals surface area contributed by atoms with Crippen molar-refractivity contribution in [3.63, 3.8) is 0 Å². The molecular formula is C10H12ClF3N2O2. The molecule has 1 aromatic rings. The zero-order valence-electron chi connectivity index (χ0n) is 9.16. The number of hydrogen-bond acceptors (Lipinski definition) is 3. The van der Waals surface area contributed by atoms with Gasteiger partial charge < -0.3 is 15.8 Å². The highest BCUT2D eigenvalue weighted by Gasteiger charge is 2.31. The minimum Gasteiger partial charge on any atom is -0.406 e. The van der Waals surface area contributed by atoms with Crippen molar-refractivity contribution in [1.82, 2.24) is 0 Å². The van der Waals surface area contributed by atoms with Gasteiger partial charge in [0, 0.05) is 24.7 Å². The predicted molar refractivity (Wildman–Crippen MR) is 62.7 cm³/mol. The van der Waals surface area contributed by atoms with Gasteiger partial charge in [0.2, 0.25) is 5.91 Å². The first kappa shape index (κ1) is 16.5. The highest BCUT2D eigenvalue weighted by Crippen LogP contribution is 2.24. The van der Waals surface area contributed by atoms with E-state index in [1.54, 1.807) is 0 Å². The topological polar surface area (TPSA) is 64.4 Å². The number of rotatable bonds is 4. The maximum absolute atomic E-state index is 11.9. The number of ether oxygens (including phenoxy) is 1. The number of benzene rings is 1. The van der Waals surface area contributed by atoms with Gasteiger partial charge in [-0.25, -0.2) is 0 Å². The van der Waals surface area contributed by atoms with Crippen LogP contribution >= 0.6 is 12.4 Å². The van der Waals surface area contributed by atoms with Crippen molar-refractivity contribution < 1.29 is 22.7 Å². The van der Waals surface area contributed by atoms with Gasteiger partial charge in [0.15, 0.2) is 0 Å². The van der Waals surface area contributed by atoms with Gasteiger partial charge in [-0.15, -0.1) is 25.6 Å². The van der Waals surface area contributed by atoms with Crippen molar-refractivity contribution in [2.75, 3.05) is 11.9 Å². The first-order valence-electron chi connectivity index (χ1n) is 4.76. The maximum Gasteiger partial charge on any atom is 0.573 e. The smallest absolute Gasteiger partial charge is 0.406 e. The molecule has 0 fully saturated rings. The number of alkyl halides is 3. The fourth-order valence-electron chi connectivity index (χ4n) is 1.13. The molecule has 18 heavy (non-hydrogen) atoms. The third-order valence-corrected chi connectivity index (χ3v) is 1.72. The van der Waals surface area contributed by atoms with E-state index in [0.717, 1.165) is 12.1 Å². The first-order valence-corrected chi connectivity index (χ1v) is 4.76. The Hall–Kier alpha value is -1.47. The standard InChI is InChI=1S/C10H11F3N2O2.ClH/c11-10(12,13)17-8-3-1-2-7(6-8)15-9(16)4-5-14;/h1-3,6H,4-5,14H2,(H,15,16);1H. The Morgan fingerprint density at radius 3 is 2.61 bits per heavy atom. The lowest BCUT2D eigenvalue weighted by Gasteiger charge is -2.10. The largest absolute Gasteiger partial charge is 0.573 e. The van der Waals surface area contributed by atoms with Gasteiger partial charge in [0.1, 0.15) is 5.75 Å². The molecule has 3 N–H and O–H groups in total. The van der Waals surface area contributed by atoms with Crippen LogP contribution in [0.25, 0.3) is 0 Å². The van der Waals surface area contributed by atoms with E-state index < -0.39 is 6.36 Å². The maximum atomic E-state index is 11.9. The van der Waals surface area contributed by atoms with Gasteiger partial charge in [0.25, 0.3) is 0 Å². The average molecular weight is 285 g/mol. The second-order valence-corrected chi connectivity index (χ2v) is 3.16. The quantitative estimate of drug-likeness (QED) is 0.891. The van der Waals surface area contributed by atoms with Gasteiger partial charge in [-0.2, -0.15) is 0 Å². The van der Waals surface area contributed by atoms with E-state index in [0.29, 0.717) is 0 Å². The molecule has 8 heteroatoms. The molecule has 102 valence electrons. The van der Waals surface area contributed by atoms with Crippen LogP contribution in [0.3, 0.4) is 0 Å². The van der Waals surface area contributed by atoms with Gasteiger partial charge in [0.05, 0.1) is 0 Å². The first-order chi connectivity index (χ1) is 7.90. The Bertz CT molecular complexity index is 399. The van der Waals surface area contributed by atoms with Crippen LogP contribution in [0.15, 0.2) is 24.3 Å². The van der Waals surface area contributed by atoms with Crippen molar-refractivity contribution in [1.29, 1.82) is 0 Å². The van der Waals surface area contributed by atoms with E-state index in [1.807, 2.05) is 0 Å². The summed E-state index contributed by atoms with van der Waals surface area (Å²) in [4.78, 5) is 11.2. The summed E-state index contributed by atoms with van der Waals surface area (Å²) in [6, 6.07) is 5.03. The molecule has 0 saturated heterocycles. The minimum atomic E-state index is -4.75.